The molecule has 0 aromatic carbocycles. The molecule has 0 bridgehead atoms. The van der Waals surface area contributed by atoms with Crippen molar-refractivity contribution in [1.29, 1.82) is 0 Å². The fraction of sp³-hybridized carbons (Fsp3) is 0.556. The smallest absolute Gasteiger partial charge is 0.273 e. The van der Waals surface area contributed by atoms with Crippen LogP contribution in [0.25, 0.3) is 0 Å². The average Bonchev–Trinajstić information content (AvgIpc) is 3.24. The summed E-state index contributed by atoms with van der Waals surface area (Å²) < 4.78 is 6.51. The molecule has 3 rings (SSSR count). The van der Waals surface area contributed by atoms with Crippen molar-refractivity contribution in [1.82, 2.24) is 20.3 Å². The number of anilines is 1. The van der Waals surface area contributed by atoms with Crippen molar-refractivity contribution in [2.45, 2.75) is 26.7 Å². The normalized spacial score (nSPS) is 17.1. The van der Waals surface area contributed by atoms with Gasteiger partial charge in [-0.2, -0.15) is 5.10 Å². The average molecular weight is 359 g/mol. The first-order valence-corrected chi connectivity index (χ1v) is 8.94. The summed E-state index contributed by atoms with van der Waals surface area (Å²) in [6.07, 6.45) is 3.42. The van der Waals surface area contributed by atoms with Crippen LogP contribution in [-0.4, -0.2) is 40.5 Å². The van der Waals surface area contributed by atoms with E-state index >= 15 is 0 Å². The van der Waals surface area contributed by atoms with Gasteiger partial charge >= 0.3 is 0 Å². The summed E-state index contributed by atoms with van der Waals surface area (Å²) in [6, 6.07) is 3.31. The zero-order valence-corrected chi connectivity index (χ0v) is 15.4. The zero-order chi connectivity index (χ0) is 18.7. The summed E-state index contributed by atoms with van der Waals surface area (Å²) in [5.41, 5.74) is 1.03. The fourth-order valence-corrected chi connectivity index (χ4v) is 3.11. The first-order chi connectivity index (χ1) is 12.4. The molecular weight excluding hydrogens is 334 g/mol. The molecule has 0 spiro atoms. The van der Waals surface area contributed by atoms with E-state index in [1.165, 1.54) is 4.68 Å². The lowest BCUT2D eigenvalue weighted by Crippen LogP contribution is -2.31. The molecule has 1 aliphatic rings. The molecule has 1 fully saturated rings. The predicted octanol–water partition coefficient (Wildman–Crippen LogP) is 1.22. The molecule has 1 atom stereocenters. The molecule has 8 heteroatoms. The Morgan fingerprint density at radius 3 is 2.96 bits per heavy atom. The van der Waals surface area contributed by atoms with Gasteiger partial charge in [0.1, 0.15) is 5.76 Å². The summed E-state index contributed by atoms with van der Waals surface area (Å²) >= 11 is 0. The van der Waals surface area contributed by atoms with Crippen LogP contribution in [0.4, 0.5) is 5.69 Å². The minimum Gasteiger partial charge on any atom is -0.370 e. The number of nitrogens with zero attached hydrogens (tertiary/aromatic N) is 4. The zero-order valence-electron chi connectivity index (χ0n) is 15.4. The monoisotopic (exact) mass is 359 g/mol. The second kappa shape index (κ2) is 7.72. The second-order valence-corrected chi connectivity index (χ2v) is 7.26. The van der Waals surface area contributed by atoms with Crippen molar-refractivity contribution < 1.29 is 9.32 Å². The SMILES string of the molecule is CC(C)Cc1cc(C(=O)NC[C@H]2CCN(c3cnn(C)c(=O)c3)C2)no1. The highest BCUT2D eigenvalue weighted by molar-refractivity contribution is 5.92. The number of amides is 1. The minimum absolute atomic E-state index is 0.123. The molecule has 1 amide bonds. The summed E-state index contributed by atoms with van der Waals surface area (Å²) in [6.45, 7) is 6.38. The van der Waals surface area contributed by atoms with Crippen molar-refractivity contribution in [2.24, 2.45) is 18.9 Å². The van der Waals surface area contributed by atoms with E-state index in [4.69, 9.17) is 4.52 Å². The Hall–Kier alpha value is -2.64. The van der Waals surface area contributed by atoms with Crippen molar-refractivity contribution >= 4 is 11.6 Å². The molecule has 1 aliphatic heterocycles. The third kappa shape index (κ3) is 4.30. The Bertz CT molecular complexity index is 826. The molecule has 0 radical (unpaired) electrons. The summed E-state index contributed by atoms with van der Waals surface area (Å²) in [7, 11) is 1.63. The summed E-state index contributed by atoms with van der Waals surface area (Å²) in [4.78, 5) is 26.1. The maximum atomic E-state index is 12.2. The first-order valence-electron chi connectivity index (χ1n) is 8.94. The highest BCUT2D eigenvalue weighted by Gasteiger charge is 2.24. The molecule has 0 unspecified atom stereocenters. The third-order valence-corrected chi connectivity index (χ3v) is 4.56. The van der Waals surface area contributed by atoms with Crippen molar-refractivity contribution in [2.75, 3.05) is 24.5 Å². The molecule has 140 valence electrons. The van der Waals surface area contributed by atoms with E-state index in [9.17, 15) is 9.59 Å². The highest BCUT2D eigenvalue weighted by atomic mass is 16.5. The number of carbonyl (C=O) groups excluding carboxylic acids is 1. The van der Waals surface area contributed by atoms with Crippen LogP contribution < -0.4 is 15.8 Å². The van der Waals surface area contributed by atoms with Crippen molar-refractivity contribution in [3.8, 4) is 0 Å². The molecule has 2 aromatic rings. The van der Waals surface area contributed by atoms with Gasteiger partial charge in [-0.05, 0) is 18.3 Å². The van der Waals surface area contributed by atoms with Crippen LogP contribution in [0.5, 0.6) is 0 Å². The maximum absolute atomic E-state index is 12.2. The van der Waals surface area contributed by atoms with Gasteiger partial charge < -0.3 is 14.7 Å². The Balaban J connectivity index is 1.51. The number of aryl methyl sites for hydroxylation is 1. The predicted molar refractivity (Wildman–Crippen MR) is 97.2 cm³/mol. The van der Waals surface area contributed by atoms with E-state index in [0.29, 0.717) is 24.1 Å². The van der Waals surface area contributed by atoms with E-state index in [0.717, 1.165) is 37.4 Å². The molecule has 1 N–H and O–H groups in total. The Kier molecular flexibility index (Phi) is 5.39. The number of rotatable bonds is 6. The Morgan fingerprint density at radius 2 is 2.23 bits per heavy atom. The number of nitrogens with one attached hydrogen (secondary N) is 1. The highest BCUT2D eigenvalue weighted by Crippen LogP contribution is 2.21. The number of hydrogen-bond acceptors (Lipinski definition) is 6. The van der Waals surface area contributed by atoms with Crippen LogP contribution >= 0.6 is 0 Å². The molecule has 2 aromatic heterocycles. The first kappa shape index (κ1) is 18.2. The van der Waals surface area contributed by atoms with Crippen LogP contribution in [0.2, 0.25) is 0 Å². The van der Waals surface area contributed by atoms with Gasteiger partial charge in [0.15, 0.2) is 5.69 Å². The van der Waals surface area contributed by atoms with Gasteiger partial charge in [-0.1, -0.05) is 19.0 Å². The van der Waals surface area contributed by atoms with Crippen molar-refractivity contribution in [3.63, 3.8) is 0 Å². The molecule has 8 nitrogen and oxygen atoms in total. The largest absolute Gasteiger partial charge is 0.370 e. The van der Waals surface area contributed by atoms with Gasteiger partial charge in [-0.3, -0.25) is 9.59 Å². The van der Waals surface area contributed by atoms with Crippen LogP contribution in [0, 0.1) is 11.8 Å². The summed E-state index contributed by atoms with van der Waals surface area (Å²) in [5, 5.41) is 10.8. The summed E-state index contributed by atoms with van der Waals surface area (Å²) in [5.74, 6) is 1.30. The quantitative estimate of drug-likeness (QED) is 0.834. The molecule has 26 heavy (non-hydrogen) atoms. The second-order valence-electron chi connectivity index (χ2n) is 7.26. The maximum Gasteiger partial charge on any atom is 0.273 e. The topological polar surface area (TPSA) is 93.3 Å². The minimum atomic E-state index is -0.211. The van der Waals surface area contributed by atoms with E-state index in [1.807, 2.05) is 0 Å². The van der Waals surface area contributed by atoms with E-state index < -0.39 is 0 Å². The molecular formula is C18H25N5O3. The molecule has 3 heterocycles. The van der Waals surface area contributed by atoms with Gasteiger partial charge in [0.05, 0.1) is 11.9 Å². The molecule has 0 aliphatic carbocycles. The lowest BCUT2D eigenvalue weighted by molar-refractivity contribution is 0.0939. The van der Waals surface area contributed by atoms with Gasteiger partial charge in [-0.25, -0.2) is 4.68 Å². The van der Waals surface area contributed by atoms with E-state index in [-0.39, 0.29) is 11.5 Å². The third-order valence-electron chi connectivity index (χ3n) is 4.56. The van der Waals surface area contributed by atoms with Crippen LogP contribution in [0.3, 0.4) is 0 Å². The van der Waals surface area contributed by atoms with Crippen LogP contribution in [0.15, 0.2) is 27.6 Å². The lowest BCUT2D eigenvalue weighted by Gasteiger charge is -2.18. The van der Waals surface area contributed by atoms with E-state index in [2.05, 4.69) is 34.3 Å². The fourth-order valence-electron chi connectivity index (χ4n) is 3.11. The van der Waals surface area contributed by atoms with Gasteiger partial charge in [0.25, 0.3) is 11.5 Å². The van der Waals surface area contributed by atoms with Crippen LogP contribution in [0.1, 0.15) is 36.5 Å². The van der Waals surface area contributed by atoms with Crippen LogP contribution in [-0.2, 0) is 13.5 Å². The van der Waals surface area contributed by atoms with Crippen molar-refractivity contribution in [3.05, 3.63) is 40.1 Å². The Labute approximate surface area is 152 Å². The lowest BCUT2D eigenvalue weighted by atomic mass is 10.1. The molecule has 0 saturated carbocycles. The number of carbonyl (C=O) groups is 1. The van der Waals surface area contributed by atoms with Gasteiger partial charge in [-0.15, -0.1) is 0 Å². The standard InChI is InChI=1S/C18H25N5O3/c1-12(2)6-15-8-16(21-26-15)18(25)19-9-13-4-5-23(11-13)14-7-17(24)22(3)20-10-14/h7-8,10,12-13H,4-6,9,11H2,1-3H3,(H,19,25)/t13-/m1/s1. The van der Waals surface area contributed by atoms with E-state index in [1.54, 1.807) is 25.4 Å². The Morgan fingerprint density at radius 1 is 1.42 bits per heavy atom. The van der Waals surface area contributed by atoms with Gasteiger partial charge in [0.2, 0.25) is 0 Å². The molecule has 1 saturated heterocycles. The number of hydrogen-bond donors (Lipinski definition) is 1. The van der Waals surface area contributed by atoms with Gasteiger partial charge in [0, 0.05) is 45.2 Å². The number of aromatic nitrogens is 3.